The van der Waals surface area contributed by atoms with Crippen LogP contribution >= 0.6 is 0 Å². The topological polar surface area (TPSA) is 69.6 Å². The van der Waals surface area contributed by atoms with Crippen LogP contribution in [0, 0.1) is 11.3 Å². The fourth-order valence-electron chi connectivity index (χ4n) is 3.35. The number of aliphatic hydroxyl groups excluding tert-OH is 1. The van der Waals surface area contributed by atoms with Crippen molar-refractivity contribution in [1.82, 2.24) is 10.2 Å². The van der Waals surface area contributed by atoms with Crippen LogP contribution in [0.5, 0.6) is 0 Å². The summed E-state index contributed by atoms with van der Waals surface area (Å²) in [6.45, 7) is 7.46. The van der Waals surface area contributed by atoms with Crippen LogP contribution in [0.1, 0.15) is 46.5 Å². The third-order valence-electron chi connectivity index (χ3n) is 4.54. The van der Waals surface area contributed by atoms with E-state index in [1.807, 2.05) is 4.90 Å². The number of rotatable bonds is 2. The van der Waals surface area contributed by atoms with Crippen LogP contribution in [-0.2, 0) is 9.59 Å². The molecule has 114 valence electrons. The molecular weight excluding hydrogens is 256 g/mol. The number of amides is 2. The highest BCUT2D eigenvalue weighted by atomic mass is 16.3. The Morgan fingerprint density at radius 2 is 2.00 bits per heavy atom. The second kappa shape index (κ2) is 5.72. The highest BCUT2D eigenvalue weighted by Gasteiger charge is 2.38. The van der Waals surface area contributed by atoms with Crippen LogP contribution in [0.25, 0.3) is 0 Å². The SMILES string of the molecule is CC(=O)N[C@@H]1C[C@@H](C(=O)N2CCC(C)(C)C2)CC[C@H]1O. The van der Waals surface area contributed by atoms with Gasteiger partial charge in [0.05, 0.1) is 12.1 Å². The molecule has 1 saturated carbocycles. The zero-order valence-electron chi connectivity index (χ0n) is 12.7. The van der Waals surface area contributed by atoms with Crippen LogP contribution in [-0.4, -0.2) is 47.1 Å². The molecule has 0 aromatic carbocycles. The van der Waals surface area contributed by atoms with Gasteiger partial charge in [-0.15, -0.1) is 0 Å². The minimum Gasteiger partial charge on any atom is -0.391 e. The number of hydrogen-bond donors (Lipinski definition) is 2. The van der Waals surface area contributed by atoms with Crippen LogP contribution in [0.3, 0.4) is 0 Å². The average Bonchev–Trinajstić information content (AvgIpc) is 2.71. The molecule has 2 fully saturated rings. The predicted octanol–water partition coefficient (Wildman–Crippen LogP) is 0.911. The van der Waals surface area contributed by atoms with Gasteiger partial charge in [0, 0.05) is 25.9 Å². The zero-order valence-corrected chi connectivity index (χ0v) is 12.7. The summed E-state index contributed by atoms with van der Waals surface area (Å²) in [6, 6.07) is -0.286. The average molecular weight is 282 g/mol. The molecule has 0 bridgehead atoms. The number of carbonyl (C=O) groups is 2. The van der Waals surface area contributed by atoms with Crippen molar-refractivity contribution in [3.63, 3.8) is 0 Å². The maximum atomic E-state index is 12.6. The fraction of sp³-hybridized carbons (Fsp3) is 0.867. The Bertz CT molecular complexity index is 395. The lowest BCUT2D eigenvalue weighted by molar-refractivity contribution is -0.137. The van der Waals surface area contributed by atoms with E-state index in [1.54, 1.807) is 0 Å². The molecule has 5 heteroatoms. The van der Waals surface area contributed by atoms with Crippen molar-refractivity contribution in [2.45, 2.75) is 58.6 Å². The number of hydrogen-bond acceptors (Lipinski definition) is 3. The molecule has 2 aliphatic rings. The summed E-state index contributed by atoms with van der Waals surface area (Å²) in [6.07, 6.45) is 2.36. The Morgan fingerprint density at radius 1 is 1.30 bits per heavy atom. The molecule has 0 unspecified atom stereocenters. The monoisotopic (exact) mass is 282 g/mol. The normalized spacial score (nSPS) is 33.0. The van der Waals surface area contributed by atoms with Gasteiger partial charge < -0.3 is 15.3 Å². The molecule has 5 nitrogen and oxygen atoms in total. The fourth-order valence-corrected chi connectivity index (χ4v) is 3.35. The van der Waals surface area contributed by atoms with Crippen molar-refractivity contribution in [3.8, 4) is 0 Å². The first-order valence-electron chi connectivity index (χ1n) is 7.52. The third kappa shape index (κ3) is 3.51. The lowest BCUT2D eigenvalue weighted by Gasteiger charge is -2.34. The van der Waals surface area contributed by atoms with Gasteiger partial charge in [-0.1, -0.05) is 13.8 Å². The Balaban J connectivity index is 1.95. The van der Waals surface area contributed by atoms with Crippen LogP contribution in [0.15, 0.2) is 0 Å². The minimum atomic E-state index is -0.530. The number of nitrogens with one attached hydrogen (secondary N) is 1. The van der Waals surface area contributed by atoms with Gasteiger partial charge in [-0.3, -0.25) is 9.59 Å². The quantitative estimate of drug-likeness (QED) is 0.791. The van der Waals surface area contributed by atoms with Gasteiger partial charge >= 0.3 is 0 Å². The predicted molar refractivity (Wildman–Crippen MR) is 75.9 cm³/mol. The van der Waals surface area contributed by atoms with Crippen molar-refractivity contribution in [2.24, 2.45) is 11.3 Å². The van der Waals surface area contributed by atoms with Crippen LogP contribution < -0.4 is 5.32 Å². The molecule has 2 N–H and O–H groups in total. The van der Waals surface area contributed by atoms with Crippen molar-refractivity contribution in [2.75, 3.05) is 13.1 Å². The van der Waals surface area contributed by atoms with E-state index in [-0.39, 0.29) is 29.2 Å². The second-order valence-corrected chi connectivity index (χ2v) is 7.06. The summed E-state index contributed by atoms with van der Waals surface area (Å²) in [5.41, 5.74) is 0.209. The lowest BCUT2D eigenvalue weighted by atomic mass is 9.83. The summed E-state index contributed by atoms with van der Waals surface area (Å²) in [5, 5.41) is 12.7. The number of nitrogens with zero attached hydrogens (tertiary/aromatic N) is 1. The smallest absolute Gasteiger partial charge is 0.225 e. The number of aliphatic hydroxyl groups is 1. The Kier molecular flexibility index (Phi) is 4.37. The molecular formula is C15H26N2O3. The molecule has 20 heavy (non-hydrogen) atoms. The second-order valence-electron chi connectivity index (χ2n) is 7.06. The van der Waals surface area contributed by atoms with Gasteiger partial charge in [0.2, 0.25) is 11.8 Å². The molecule has 0 aromatic heterocycles. The van der Waals surface area contributed by atoms with Gasteiger partial charge in [-0.2, -0.15) is 0 Å². The van der Waals surface area contributed by atoms with E-state index in [4.69, 9.17) is 0 Å². The highest BCUT2D eigenvalue weighted by molar-refractivity contribution is 5.79. The van der Waals surface area contributed by atoms with E-state index in [1.165, 1.54) is 6.92 Å². The van der Waals surface area contributed by atoms with Gasteiger partial charge in [-0.25, -0.2) is 0 Å². The number of likely N-dealkylation sites (tertiary alicyclic amines) is 1. The first-order valence-corrected chi connectivity index (χ1v) is 7.52. The molecule has 2 amide bonds. The molecule has 1 saturated heterocycles. The number of carbonyl (C=O) groups excluding carboxylic acids is 2. The molecule has 0 radical (unpaired) electrons. The lowest BCUT2D eigenvalue weighted by Crippen LogP contribution is -2.49. The van der Waals surface area contributed by atoms with E-state index in [0.717, 1.165) is 19.5 Å². The van der Waals surface area contributed by atoms with E-state index < -0.39 is 6.10 Å². The largest absolute Gasteiger partial charge is 0.391 e. The van der Waals surface area contributed by atoms with E-state index in [2.05, 4.69) is 19.2 Å². The molecule has 2 rings (SSSR count). The van der Waals surface area contributed by atoms with Crippen molar-refractivity contribution < 1.29 is 14.7 Å². The summed E-state index contributed by atoms with van der Waals surface area (Å²) >= 11 is 0. The first-order chi connectivity index (χ1) is 9.28. The van der Waals surface area contributed by atoms with E-state index in [0.29, 0.717) is 19.3 Å². The van der Waals surface area contributed by atoms with Gasteiger partial charge in [0.15, 0.2) is 0 Å². The summed E-state index contributed by atoms with van der Waals surface area (Å²) < 4.78 is 0. The summed E-state index contributed by atoms with van der Waals surface area (Å²) in [5.74, 6) is -0.0218. The van der Waals surface area contributed by atoms with Crippen molar-refractivity contribution in [3.05, 3.63) is 0 Å². The van der Waals surface area contributed by atoms with E-state index >= 15 is 0 Å². The molecule has 0 aromatic rings. The van der Waals surface area contributed by atoms with Crippen LogP contribution in [0.4, 0.5) is 0 Å². The van der Waals surface area contributed by atoms with Gasteiger partial charge in [-0.05, 0) is 31.1 Å². The van der Waals surface area contributed by atoms with Crippen molar-refractivity contribution in [1.29, 1.82) is 0 Å². The standard InChI is InChI=1S/C15H26N2O3/c1-10(18)16-12-8-11(4-5-13(12)19)14(20)17-7-6-15(2,3)9-17/h11-13,19H,4-9H2,1-3H3,(H,16,18)/t11-,12+,13+/m0/s1. The Morgan fingerprint density at radius 3 is 2.55 bits per heavy atom. The van der Waals surface area contributed by atoms with Gasteiger partial charge in [0.25, 0.3) is 0 Å². The third-order valence-corrected chi connectivity index (χ3v) is 4.54. The molecule has 1 aliphatic carbocycles. The highest BCUT2D eigenvalue weighted by Crippen LogP contribution is 2.33. The molecule has 3 atom stereocenters. The summed E-state index contributed by atoms with van der Waals surface area (Å²) in [7, 11) is 0. The minimum absolute atomic E-state index is 0.0656. The molecule has 0 spiro atoms. The molecule has 1 heterocycles. The molecule has 1 aliphatic heterocycles. The maximum absolute atomic E-state index is 12.6. The van der Waals surface area contributed by atoms with Crippen LogP contribution in [0.2, 0.25) is 0 Å². The summed E-state index contributed by atoms with van der Waals surface area (Å²) in [4.78, 5) is 25.7. The van der Waals surface area contributed by atoms with E-state index in [9.17, 15) is 14.7 Å². The Labute approximate surface area is 120 Å². The maximum Gasteiger partial charge on any atom is 0.225 e. The van der Waals surface area contributed by atoms with Crippen molar-refractivity contribution >= 4 is 11.8 Å². The first kappa shape index (κ1) is 15.3. The zero-order chi connectivity index (χ0) is 14.9. The van der Waals surface area contributed by atoms with Gasteiger partial charge in [0.1, 0.15) is 0 Å². The Hall–Kier alpha value is -1.10.